The van der Waals surface area contributed by atoms with E-state index in [9.17, 15) is 9.59 Å². The van der Waals surface area contributed by atoms with Crippen LogP contribution < -0.4 is 5.32 Å². The summed E-state index contributed by atoms with van der Waals surface area (Å²) in [5.41, 5.74) is 4.71. The predicted octanol–water partition coefficient (Wildman–Crippen LogP) is 4.54. The van der Waals surface area contributed by atoms with Crippen molar-refractivity contribution in [3.63, 3.8) is 0 Å². The molecule has 0 aliphatic heterocycles. The molecule has 2 aromatic carbocycles. The maximum absolute atomic E-state index is 12.3. The molecule has 0 atom stereocenters. The normalized spacial score (nSPS) is 17.0. The summed E-state index contributed by atoms with van der Waals surface area (Å²) in [4.78, 5) is 24.6. The van der Waals surface area contributed by atoms with E-state index in [0.29, 0.717) is 11.6 Å². The Balaban J connectivity index is 1.57. The van der Waals surface area contributed by atoms with Crippen molar-refractivity contribution >= 4 is 11.7 Å². The lowest BCUT2D eigenvalue weighted by atomic mass is 9.80. The van der Waals surface area contributed by atoms with E-state index in [0.717, 1.165) is 47.9 Å². The summed E-state index contributed by atoms with van der Waals surface area (Å²) in [7, 11) is 0. The van der Waals surface area contributed by atoms with Crippen LogP contribution >= 0.6 is 0 Å². The average molecular weight is 333 g/mol. The molecule has 2 aliphatic rings. The quantitative estimate of drug-likeness (QED) is 0.817. The molecule has 0 aromatic heterocycles. The van der Waals surface area contributed by atoms with Crippen LogP contribution in [-0.4, -0.2) is 17.7 Å². The molecule has 2 fully saturated rings. The molecule has 1 N–H and O–H groups in total. The number of carbonyl (C=O) groups excluding carboxylic acids is 2. The molecule has 1 amide bonds. The van der Waals surface area contributed by atoms with Crippen LogP contribution in [0.3, 0.4) is 0 Å². The monoisotopic (exact) mass is 333 g/mol. The summed E-state index contributed by atoms with van der Waals surface area (Å²) >= 11 is 0. The van der Waals surface area contributed by atoms with Crippen LogP contribution in [0.1, 0.15) is 58.4 Å². The van der Waals surface area contributed by atoms with Gasteiger partial charge in [-0.25, -0.2) is 0 Å². The number of rotatable bonds is 5. The number of aryl methyl sites for hydroxylation is 1. The fourth-order valence-corrected chi connectivity index (χ4v) is 3.29. The molecular weight excluding hydrogens is 310 g/mol. The lowest BCUT2D eigenvalue weighted by molar-refractivity contribution is 0.0854. The number of hydrogen-bond donors (Lipinski definition) is 1. The molecule has 0 heterocycles. The molecule has 3 heteroatoms. The van der Waals surface area contributed by atoms with Gasteiger partial charge in [0.2, 0.25) is 0 Å². The van der Waals surface area contributed by atoms with Crippen molar-refractivity contribution in [3.05, 3.63) is 59.2 Å². The zero-order chi connectivity index (χ0) is 17.4. The van der Waals surface area contributed by atoms with Crippen molar-refractivity contribution in [1.82, 2.24) is 5.32 Å². The molecular formula is C22H23NO2. The number of benzene rings is 2. The molecule has 3 nitrogen and oxygen atoms in total. The predicted molar refractivity (Wildman–Crippen MR) is 98.8 cm³/mol. The zero-order valence-electron chi connectivity index (χ0n) is 14.5. The second-order valence-corrected chi connectivity index (χ2v) is 7.35. The van der Waals surface area contributed by atoms with Gasteiger partial charge >= 0.3 is 0 Å². The van der Waals surface area contributed by atoms with Gasteiger partial charge in [0, 0.05) is 23.1 Å². The summed E-state index contributed by atoms with van der Waals surface area (Å²) in [5.74, 6) is 0.495. The Hall–Kier alpha value is -2.42. The topological polar surface area (TPSA) is 46.2 Å². The van der Waals surface area contributed by atoms with E-state index in [2.05, 4.69) is 5.32 Å². The molecule has 0 unspecified atom stereocenters. The van der Waals surface area contributed by atoms with Crippen LogP contribution in [0.4, 0.5) is 0 Å². The number of nitrogens with one attached hydrogen (secondary N) is 1. The van der Waals surface area contributed by atoms with Gasteiger partial charge in [-0.3, -0.25) is 9.59 Å². The highest BCUT2D eigenvalue weighted by Crippen LogP contribution is 2.31. The lowest BCUT2D eigenvalue weighted by Gasteiger charge is -2.23. The Labute approximate surface area is 148 Å². The van der Waals surface area contributed by atoms with Crippen molar-refractivity contribution in [3.8, 4) is 11.1 Å². The first-order chi connectivity index (χ1) is 12.1. The highest BCUT2D eigenvalue weighted by molar-refractivity contribution is 5.99. The number of ketones is 1. The van der Waals surface area contributed by atoms with Gasteiger partial charge in [-0.2, -0.15) is 0 Å². The summed E-state index contributed by atoms with van der Waals surface area (Å²) in [6.07, 6.45) is 5.39. The highest BCUT2D eigenvalue weighted by Gasteiger charge is 2.26. The third-order valence-electron chi connectivity index (χ3n) is 5.37. The SMILES string of the molecule is Cc1ccc(C(=O)NC2CC2)cc1-c1ccc(C(=O)C2CCC2)cc1. The van der Waals surface area contributed by atoms with E-state index in [1.807, 2.05) is 49.4 Å². The Morgan fingerprint density at radius 2 is 1.60 bits per heavy atom. The molecule has 0 spiro atoms. The first-order valence-electron chi connectivity index (χ1n) is 9.18. The van der Waals surface area contributed by atoms with Gasteiger partial charge < -0.3 is 5.32 Å². The van der Waals surface area contributed by atoms with Gasteiger partial charge in [-0.1, -0.05) is 36.8 Å². The third-order valence-corrected chi connectivity index (χ3v) is 5.37. The maximum Gasteiger partial charge on any atom is 0.251 e. The number of carbonyl (C=O) groups is 2. The molecule has 2 aliphatic carbocycles. The minimum atomic E-state index is 0.000492. The highest BCUT2D eigenvalue weighted by atomic mass is 16.1. The number of amides is 1. The van der Waals surface area contributed by atoms with Crippen LogP contribution in [0.15, 0.2) is 42.5 Å². The Morgan fingerprint density at radius 3 is 2.20 bits per heavy atom. The maximum atomic E-state index is 12.3. The smallest absolute Gasteiger partial charge is 0.251 e. The summed E-state index contributed by atoms with van der Waals surface area (Å²) in [6, 6.07) is 14.0. The Kier molecular flexibility index (Phi) is 4.16. The molecule has 0 bridgehead atoms. The van der Waals surface area contributed by atoms with E-state index >= 15 is 0 Å². The standard InChI is InChI=1S/C22H23NO2/c1-14-5-6-18(22(25)23-19-11-12-19)13-20(14)15-7-9-17(10-8-15)21(24)16-3-2-4-16/h5-10,13,16,19H,2-4,11-12H2,1H3,(H,23,25). The van der Waals surface area contributed by atoms with E-state index in [4.69, 9.17) is 0 Å². The summed E-state index contributed by atoms with van der Waals surface area (Å²) in [5, 5.41) is 3.03. The molecule has 4 rings (SSSR count). The fourth-order valence-electron chi connectivity index (χ4n) is 3.29. The van der Waals surface area contributed by atoms with Crippen molar-refractivity contribution in [2.24, 2.45) is 5.92 Å². The molecule has 0 radical (unpaired) electrons. The van der Waals surface area contributed by atoms with Crippen LogP contribution in [-0.2, 0) is 0 Å². The van der Waals surface area contributed by atoms with Crippen molar-refractivity contribution < 1.29 is 9.59 Å². The average Bonchev–Trinajstić information content (AvgIpc) is 3.38. The lowest BCUT2D eigenvalue weighted by Crippen LogP contribution is -2.25. The van der Waals surface area contributed by atoms with Crippen LogP contribution in [0.25, 0.3) is 11.1 Å². The van der Waals surface area contributed by atoms with E-state index in [-0.39, 0.29) is 17.6 Å². The molecule has 128 valence electrons. The van der Waals surface area contributed by atoms with Crippen molar-refractivity contribution in [1.29, 1.82) is 0 Å². The molecule has 0 saturated heterocycles. The van der Waals surface area contributed by atoms with E-state index < -0.39 is 0 Å². The molecule has 2 aromatic rings. The van der Waals surface area contributed by atoms with Gasteiger partial charge in [0.05, 0.1) is 0 Å². The van der Waals surface area contributed by atoms with Gasteiger partial charge in [0.15, 0.2) is 5.78 Å². The van der Waals surface area contributed by atoms with Gasteiger partial charge in [0.25, 0.3) is 5.91 Å². The van der Waals surface area contributed by atoms with Crippen LogP contribution in [0.5, 0.6) is 0 Å². The largest absolute Gasteiger partial charge is 0.349 e. The fraction of sp³-hybridized carbons (Fsp3) is 0.364. The summed E-state index contributed by atoms with van der Waals surface area (Å²) in [6.45, 7) is 2.05. The zero-order valence-corrected chi connectivity index (χ0v) is 14.5. The first kappa shape index (κ1) is 16.1. The second kappa shape index (κ2) is 6.47. The van der Waals surface area contributed by atoms with Gasteiger partial charge in [-0.15, -0.1) is 0 Å². The second-order valence-electron chi connectivity index (χ2n) is 7.35. The minimum Gasteiger partial charge on any atom is -0.349 e. The van der Waals surface area contributed by atoms with Crippen molar-refractivity contribution in [2.45, 2.75) is 45.1 Å². The van der Waals surface area contributed by atoms with E-state index in [1.54, 1.807) is 0 Å². The van der Waals surface area contributed by atoms with Crippen LogP contribution in [0, 0.1) is 12.8 Å². The Morgan fingerprint density at radius 1 is 0.920 bits per heavy atom. The van der Waals surface area contributed by atoms with Gasteiger partial charge in [-0.05, 0) is 61.4 Å². The van der Waals surface area contributed by atoms with Gasteiger partial charge in [0.1, 0.15) is 0 Å². The summed E-state index contributed by atoms with van der Waals surface area (Å²) < 4.78 is 0. The minimum absolute atomic E-state index is 0.000492. The third kappa shape index (κ3) is 3.37. The Bertz CT molecular complexity index is 814. The number of hydrogen-bond acceptors (Lipinski definition) is 2. The van der Waals surface area contributed by atoms with Crippen molar-refractivity contribution in [2.75, 3.05) is 0 Å². The first-order valence-corrected chi connectivity index (χ1v) is 9.18. The molecule has 25 heavy (non-hydrogen) atoms. The van der Waals surface area contributed by atoms with E-state index in [1.165, 1.54) is 6.42 Å². The molecule has 2 saturated carbocycles. The number of Topliss-reactive ketones (excluding diaryl/α,β-unsaturated/α-hetero) is 1. The van der Waals surface area contributed by atoms with Crippen LogP contribution in [0.2, 0.25) is 0 Å².